The van der Waals surface area contributed by atoms with Crippen molar-refractivity contribution in [2.45, 2.75) is 0 Å². The molecule has 0 aliphatic rings. The van der Waals surface area contributed by atoms with Gasteiger partial charge in [0.2, 0.25) is 0 Å². The van der Waals surface area contributed by atoms with Crippen LogP contribution in [0.25, 0.3) is 28.2 Å². The van der Waals surface area contributed by atoms with Crippen molar-refractivity contribution in [2.75, 3.05) is 0 Å². The zero-order valence-corrected chi connectivity index (χ0v) is 11.5. The SMILES string of the molecule is c1ccc(-c2[nH]c3cccc[n+]3c2-c2ccccc2)cc1. The number of pyridine rings is 1. The Bertz CT molecular complexity index is 877. The van der Waals surface area contributed by atoms with Crippen LogP contribution in [0.1, 0.15) is 0 Å². The first-order chi connectivity index (χ1) is 10.4. The summed E-state index contributed by atoms with van der Waals surface area (Å²) < 4.78 is 2.21. The number of nitrogens with one attached hydrogen (secondary N) is 1. The fourth-order valence-corrected chi connectivity index (χ4v) is 2.74. The summed E-state index contributed by atoms with van der Waals surface area (Å²) in [6.07, 6.45) is 2.10. The maximum Gasteiger partial charge on any atom is 0.284 e. The molecule has 0 fully saturated rings. The van der Waals surface area contributed by atoms with Crippen LogP contribution in [-0.4, -0.2) is 4.98 Å². The van der Waals surface area contributed by atoms with Crippen LogP contribution < -0.4 is 4.40 Å². The number of benzene rings is 2. The van der Waals surface area contributed by atoms with Gasteiger partial charge in [0.05, 0.1) is 6.20 Å². The molecule has 0 spiro atoms. The van der Waals surface area contributed by atoms with Crippen LogP contribution in [0.15, 0.2) is 85.1 Å². The Morgan fingerprint density at radius 1 is 0.619 bits per heavy atom. The second-order valence-corrected chi connectivity index (χ2v) is 5.04. The maximum absolute atomic E-state index is 3.54. The summed E-state index contributed by atoms with van der Waals surface area (Å²) in [6.45, 7) is 0. The Morgan fingerprint density at radius 3 is 1.95 bits per heavy atom. The molecule has 0 atom stereocenters. The Labute approximate surface area is 123 Å². The first kappa shape index (κ1) is 11.9. The van der Waals surface area contributed by atoms with Crippen molar-refractivity contribution in [3.05, 3.63) is 85.1 Å². The Kier molecular flexibility index (Phi) is 2.79. The molecule has 0 saturated heterocycles. The van der Waals surface area contributed by atoms with Gasteiger partial charge in [0.25, 0.3) is 5.65 Å². The van der Waals surface area contributed by atoms with Crippen molar-refractivity contribution in [2.24, 2.45) is 0 Å². The van der Waals surface area contributed by atoms with Crippen LogP contribution >= 0.6 is 0 Å². The fourth-order valence-electron chi connectivity index (χ4n) is 2.74. The lowest BCUT2D eigenvalue weighted by atomic mass is 10.1. The first-order valence-electron chi connectivity index (χ1n) is 7.07. The molecule has 21 heavy (non-hydrogen) atoms. The van der Waals surface area contributed by atoms with Crippen LogP contribution in [-0.2, 0) is 0 Å². The van der Waals surface area contributed by atoms with Gasteiger partial charge in [-0.1, -0.05) is 66.7 Å². The molecule has 0 amide bonds. The van der Waals surface area contributed by atoms with Gasteiger partial charge >= 0.3 is 0 Å². The smallest absolute Gasteiger partial charge is 0.236 e. The highest BCUT2D eigenvalue weighted by atomic mass is 15.0. The van der Waals surface area contributed by atoms with Gasteiger partial charge in [-0.3, -0.25) is 0 Å². The number of nitrogens with zero attached hydrogens (tertiary/aromatic N) is 1. The standard InChI is InChI=1S/C19H14N2/c1-3-9-15(10-4-1)18-19(16-11-5-2-6-12-16)21-14-8-7-13-17(21)20-18/h1-14H/p+1. The van der Waals surface area contributed by atoms with Crippen LogP contribution in [0.4, 0.5) is 0 Å². The molecule has 2 heterocycles. The highest BCUT2D eigenvalue weighted by Crippen LogP contribution is 2.28. The van der Waals surface area contributed by atoms with E-state index in [0.29, 0.717) is 0 Å². The molecule has 0 aliphatic carbocycles. The van der Waals surface area contributed by atoms with E-state index < -0.39 is 0 Å². The van der Waals surface area contributed by atoms with Crippen LogP contribution in [0.3, 0.4) is 0 Å². The topological polar surface area (TPSA) is 19.9 Å². The number of aromatic nitrogens is 2. The van der Waals surface area contributed by atoms with E-state index in [1.165, 1.54) is 16.8 Å². The Hall–Kier alpha value is -2.87. The Morgan fingerprint density at radius 2 is 1.24 bits per heavy atom. The fraction of sp³-hybridized carbons (Fsp3) is 0. The van der Waals surface area contributed by atoms with Crippen LogP contribution in [0.5, 0.6) is 0 Å². The van der Waals surface area contributed by atoms with E-state index >= 15 is 0 Å². The molecule has 0 aliphatic heterocycles. The summed E-state index contributed by atoms with van der Waals surface area (Å²) >= 11 is 0. The van der Waals surface area contributed by atoms with Crippen molar-refractivity contribution in [1.29, 1.82) is 0 Å². The number of hydrogen-bond acceptors (Lipinski definition) is 0. The summed E-state index contributed by atoms with van der Waals surface area (Å²) in [5, 5.41) is 0. The van der Waals surface area contributed by atoms with Gasteiger partial charge in [0.1, 0.15) is 0 Å². The maximum atomic E-state index is 3.54. The summed E-state index contributed by atoms with van der Waals surface area (Å²) in [5.41, 5.74) is 5.83. The molecular formula is C19H15N2+. The zero-order valence-electron chi connectivity index (χ0n) is 11.5. The molecule has 4 aromatic rings. The van der Waals surface area contributed by atoms with Crippen molar-refractivity contribution in [1.82, 2.24) is 4.98 Å². The zero-order chi connectivity index (χ0) is 14.1. The molecule has 4 rings (SSSR count). The van der Waals surface area contributed by atoms with Crippen LogP contribution in [0.2, 0.25) is 0 Å². The minimum atomic E-state index is 1.09. The third kappa shape index (κ3) is 2.01. The highest BCUT2D eigenvalue weighted by Gasteiger charge is 2.21. The molecule has 1 N–H and O–H groups in total. The largest absolute Gasteiger partial charge is 0.284 e. The molecule has 100 valence electrons. The predicted octanol–water partition coefficient (Wildman–Crippen LogP) is 4.09. The molecule has 2 aromatic heterocycles. The third-order valence-electron chi connectivity index (χ3n) is 3.70. The van der Waals surface area contributed by atoms with Crippen molar-refractivity contribution in [3.8, 4) is 22.5 Å². The number of H-pyrrole nitrogens is 1. The van der Waals surface area contributed by atoms with E-state index in [1.807, 2.05) is 12.1 Å². The lowest BCUT2D eigenvalue weighted by molar-refractivity contribution is -0.497. The third-order valence-corrected chi connectivity index (χ3v) is 3.70. The number of fused-ring (bicyclic) bond motifs is 1. The van der Waals surface area contributed by atoms with Crippen molar-refractivity contribution in [3.63, 3.8) is 0 Å². The minimum Gasteiger partial charge on any atom is -0.236 e. The van der Waals surface area contributed by atoms with E-state index in [2.05, 4.69) is 82.3 Å². The minimum absolute atomic E-state index is 1.09. The average molecular weight is 271 g/mol. The summed E-state index contributed by atoms with van der Waals surface area (Å²) in [6, 6.07) is 27.2. The van der Waals surface area contributed by atoms with Gasteiger partial charge in [0.15, 0.2) is 11.4 Å². The summed E-state index contributed by atoms with van der Waals surface area (Å²) in [4.78, 5) is 3.54. The van der Waals surface area contributed by atoms with E-state index in [4.69, 9.17) is 0 Å². The molecule has 0 radical (unpaired) electrons. The normalized spacial score (nSPS) is 10.9. The second kappa shape index (κ2) is 4.91. The first-order valence-corrected chi connectivity index (χ1v) is 7.07. The summed E-state index contributed by atoms with van der Waals surface area (Å²) in [5.74, 6) is 0. The average Bonchev–Trinajstić information content (AvgIpc) is 2.96. The number of hydrogen-bond donors (Lipinski definition) is 1. The molecule has 2 aromatic carbocycles. The van der Waals surface area contributed by atoms with E-state index in [-0.39, 0.29) is 0 Å². The van der Waals surface area contributed by atoms with E-state index in [1.54, 1.807) is 0 Å². The van der Waals surface area contributed by atoms with Crippen molar-refractivity contribution >= 4 is 5.65 Å². The van der Waals surface area contributed by atoms with Gasteiger partial charge in [-0.2, -0.15) is 4.40 Å². The molecule has 2 nitrogen and oxygen atoms in total. The van der Waals surface area contributed by atoms with Gasteiger partial charge in [-0.15, -0.1) is 0 Å². The lowest BCUT2D eigenvalue weighted by Gasteiger charge is -2.00. The van der Waals surface area contributed by atoms with Gasteiger partial charge < -0.3 is 0 Å². The summed E-state index contributed by atoms with van der Waals surface area (Å²) in [7, 11) is 0. The van der Waals surface area contributed by atoms with E-state index in [9.17, 15) is 0 Å². The predicted molar refractivity (Wildman–Crippen MR) is 84.8 cm³/mol. The molecule has 0 saturated carbocycles. The number of rotatable bonds is 2. The highest BCUT2D eigenvalue weighted by molar-refractivity contribution is 5.77. The van der Waals surface area contributed by atoms with Gasteiger partial charge in [-0.25, -0.2) is 4.98 Å². The number of imidazole rings is 1. The Balaban J connectivity index is 2.07. The van der Waals surface area contributed by atoms with Gasteiger partial charge in [0, 0.05) is 17.2 Å². The van der Waals surface area contributed by atoms with Crippen molar-refractivity contribution < 1.29 is 4.40 Å². The monoisotopic (exact) mass is 271 g/mol. The van der Waals surface area contributed by atoms with Gasteiger partial charge in [-0.05, 0) is 6.07 Å². The molecule has 0 bridgehead atoms. The van der Waals surface area contributed by atoms with Crippen LogP contribution in [0, 0.1) is 0 Å². The lowest BCUT2D eigenvalue weighted by Crippen LogP contribution is -2.20. The number of aromatic amines is 1. The molecular weight excluding hydrogens is 256 g/mol. The second-order valence-electron chi connectivity index (χ2n) is 5.04. The van der Waals surface area contributed by atoms with E-state index in [0.717, 1.165) is 11.3 Å². The molecule has 0 unspecified atom stereocenters. The molecule has 2 heteroatoms. The quantitative estimate of drug-likeness (QED) is 0.530.